The van der Waals surface area contributed by atoms with Gasteiger partial charge < -0.3 is 5.32 Å². The van der Waals surface area contributed by atoms with E-state index in [0.29, 0.717) is 12.0 Å². The van der Waals surface area contributed by atoms with Crippen LogP contribution in [0.25, 0.3) is 0 Å². The summed E-state index contributed by atoms with van der Waals surface area (Å²) in [5.41, 5.74) is 2.67. The number of hydrogen-bond donors (Lipinski definition) is 1. The number of nitrogens with zero attached hydrogens (tertiary/aromatic N) is 1. The SMILES string of the molecule is CCNC1CC(C)CCC1C(C)(C)c1ccc(C)nc1. The lowest BCUT2D eigenvalue weighted by Gasteiger charge is -2.45. The predicted molar refractivity (Wildman–Crippen MR) is 86.0 cm³/mol. The van der Waals surface area contributed by atoms with E-state index in [1.807, 2.05) is 0 Å². The summed E-state index contributed by atoms with van der Waals surface area (Å²) in [6.45, 7) is 12.5. The Morgan fingerprint density at radius 2 is 2.05 bits per heavy atom. The molecule has 0 saturated heterocycles. The van der Waals surface area contributed by atoms with Crippen molar-refractivity contribution in [2.45, 2.75) is 65.3 Å². The second-order valence-electron chi connectivity index (χ2n) is 7.10. The van der Waals surface area contributed by atoms with E-state index in [1.54, 1.807) is 0 Å². The monoisotopic (exact) mass is 274 g/mol. The van der Waals surface area contributed by atoms with E-state index in [2.05, 4.69) is 63.2 Å². The first-order chi connectivity index (χ1) is 9.45. The predicted octanol–water partition coefficient (Wildman–Crippen LogP) is 4.08. The van der Waals surface area contributed by atoms with Crippen LogP contribution in [0.4, 0.5) is 0 Å². The van der Waals surface area contributed by atoms with Gasteiger partial charge in [-0.25, -0.2) is 0 Å². The first kappa shape index (κ1) is 15.5. The van der Waals surface area contributed by atoms with Crippen LogP contribution in [0.3, 0.4) is 0 Å². The van der Waals surface area contributed by atoms with Crippen LogP contribution in [-0.2, 0) is 5.41 Å². The highest BCUT2D eigenvalue weighted by Gasteiger charge is 2.39. The summed E-state index contributed by atoms with van der Waals surface area (Å²) in [5.74, 6) is 1.55. The molecule has 0 radical (unpaired) electrons. The van der Waals surface area contributed by atoms with E-state index in [9.17, 15) is 0 Å². The van der Waals surface area contributed by atoms with Gasteiger partial charge in [0, 0.05) is 17.9 Å². The molecule has 0 amide bonds. The summed E-state index contributed by atoms with van der Waals surface area (Å²) in [6.07, 6.45) is 6.06. The normalized spacial score (nSPS) is 27.6. The molecule has 0 bridgehead atoms. The Kier molecular flexibility index (Phi) is 4.85. The lowest BCUT2D eigenvalue weighted by atomic mass is 9.64. The van der Waals surface area contributed by atoms with Gasteiger partial charge in [0.05, 0.1) is 0 Å². The standard InChI is InChI=1S/C18H30N2/c1-6-19-17-11-13(2)7-10-16(17)18(4,5)15-9-8-14(3)20-12-15/h8-9,12-13,16-17,19H,6-7,10-11H2,1-5H3. The molecule has 112 valence electrons. The first-order valence-corrected chi connectivity index (χ1v) is 8.11. The van der Waals surface area contributed by atoms with Crippen LogP contribution >= 0.6 is 0 Å². The molecule has 2 nitrogen and oxygen atoms in total. The first-order valence-electron chi connectivity index (χ1n) is 8.11. The minimum Gasteiger partial charge on any atom is -0.314 e. The molecule has 1 aliphatic rings. The summed E-state index contributed by atoms with van der Waals surface area (Å²) in [7, 11) is 0. The van der Waals surface area contributed by atoms with E-state index >= 15 is 0 Å². The summed E-state index contributed by atoms with van der Waals surface area (Å²) in [4.78, 5) is 4.51. The molecule has 1 fully saturated rings. The number of hydrogen-bond acceptors (Lipinski definition) is 2. The van der Waals surface area contributed by atoms with Crippen molar-refractivity contribution in [2.75, 3.05) is 6.54 Å². The van der Waals surface area contributed by atoms with Crippen molar-refractivity contribution < 1.29 is 0 Å². The fraction of sp³-hybridized carbons (Fsp3) is 0.722. The van der Waals surface area contributed by atoms with Crippen LogP contribution in [0.15, 0.2) is 18.3 Å². The van der Waals surface area contributed by atoms with Crippen molar-refractivity contribution in [2.24, 2.45) is 11.8 Å². The van der Waals surface area contributed by atoms with Gasteiger partial charge in [-0.05, 0) is 55.2 Å². The molecular formula is C18H30N2. The molecule has 1 aliphatic carbocycles. The number of nitrogens with one attached hydrogen (secondary N) is 1. The topological polar surface area (TPSA) is 24.9 Å². The molecule has 1 aromatic heterocycles. The van der Waals surface area contributed by atoms with Crippen molar-refractivity contribution in [1.29, 1.82) is 0 Å². The molecule has 1 N–H and O–H groups in total. The van der Waals surface area contributed by atoms with Crippen molar-refractivity contribution in [3.05, 3.63) is 29.6 Å². The Hall–Kier alpha value is -0.890. The maximum absolute atomic E-state index is 4.51. The zero-order valence-corrected chi connectivity index (χ0v) is 13.7. The van der Waals surface area contributed by atoms with E-state index in [1.165, 1.54) is 24.8 Å². The van der Waals surface area contributed by atoms with Crippen LogP contribution in [0.5, 0.6) is 0 Å². The quantitative estimate of drug-likeness (QED) is 0.895. The Labute approximate surface area is 124 Å². The van der Waals surface area contributed by atoms with Gasteiger partial charge in [-0.1, -0.05) is 40.2 Å². The summed E-state index contributed by atoms with van der Waals surface area (Å²) in [5, 5.41) is 3.73. The fourth-order valence-corrected chi connectivity index (χ4v) is 3.80. The molecule has 1 aromatic rings. The van der Waals surface area contributed by atoms with E-state index < -0.39 is 0 Å². The van der Waals surface area contributed by atoms with Gasteiger partial charge in [0.15, 0.2) is 0 Å². The Morgan fingerprint density at radius 1 is 1.30 bits per heavy atom. The third-order valence-corrected chi connectivity index (χ3v) is 5.16. The Morgan fingerprint density at radius 3 is 2.65 bits per heavy atom. The molecular weight excluding hydrogens is 244 g/mol. The largest absolute Gasteiger partial charge is 0.314 e. The summed E-state index contributed by atoms with van der Waals surface area (Å²) in [6, 6.07) is 5.05. The van der Waals surface area contributed by atoms with E-state index in [-0.39, 0.29) is 5.41 Å². The van der Waals surface area contributed by atoms with E-state index in [0.717, 1.165) is 18.2 Å². The third kappa shape index (κ3) is 3.22. The minimum atomic E-state index is 0.188. The van der Waals surface area contributed by atoms with Crippen LogP contribution in [0, 0.1) is 18.8 Å². The highest BCUT2D eigenvalue weighted by atomic mass is 14.9. The zero-order valence-electron chi connectivity index (χ0n) is 13.7. The number of rotatable bonds is 4. The van der Waals surface area contributed by atoms with Gasteiger partial charge in [0.1, 0.15) is 0 Å². The van der Waals surface area contributed by atoms with Gasteiger partial charge in [-0.2, -0.15) is 0 Å². The van der Waals surface area contributed by atoms with Crippen molar-refractivity contribution in [1.82, 2.24) is 10.3 Å². The highest BCUT2D eigenvalue weighted by molar-refractivity contribution is 5.24. The molecule has 0 aliphatic heterocycles. The molecule has 0 aromatic carbocycles. The van der Waals surface area contributed by atoms with Crippen molar-refractivity contribution in [3.8, 4) is 0 Å². The lowest BCUT2D eigenvalue weighted by Crippen LogP contribution is -2.48. The molecule has 0 spiro atoms. The molecule has 3 atom stereocenters. The molecule has 1 saturated carbocycles. The molecule has 2 rings (SSSR count). The molecule has 2 heteroatoms. The average Bonchev–Trinajstić information content (AvgIpc) is 2.39. The smallest absolute Gasteiger partial charge is 0.0372 e. The van der Waals surface area contributed by atoms with E-state index in [4.69, 9.17) is 0 Å². The van der Waals surface area contributed by atoms with Crippen LogP contribution in [-0.4, -0.2) is 17.6 Å². The second kappa shape index (κ2) is 6.26. The molecule has 20 heavy (non-hydrogen) atoms. The number of aromatic nitrogens is 1. The molecule has 1 heterocycles. The number of aryl methyl sites for hydroxylation is 1. The summed E-state index contributed by atoms with van der Waals surface area (Å²) < 4.78 is 0. The average molecular weight is 274 g/mol. The third-order valence-electron chi connectivity index (χ3n) is 5.16. The Bertz CT molecular complexity index is 422. The van der Waals surface area contributed by atoms with Gasteiger partial charge in [0.2, 0.25) is 0 Å². The van der Waals surface area contributed by atoms with Gasteiger partial charge in [0.25, 0.3) is 0 Å². The highest BCUT2D eigenvalue weighted by Crippen LogP contribution is 2.42. The second-order valence-corrected chi connectivity index (χ2v) is 7.10. The maximum Gasteiger partial charge on any atom is 0.0372 e. The zero-order chi connectivity index (χ0) is 14.8. The van der Waals surface area contributed by atoms with Crippen molar-refractivity contribution in [3.63, 3.8) is 0 Å². The maximum atomic E-state index is 4.51. The lowest BCUT2D eigenvalue weighted by molar-refractivity contribution is 0.147. The van der Waals surface area contributed by atoms with Crippen LogP contribution in [0.2, 0.25) is 0 Å². The van der Waals surface area contributed by atoms with Crippen LogP contribution in [0.1, 0.15) is 58.2 Å². The fourth-order valence-electron chi connectivity index (χ4n) is 3.80. The van der Waals surface area contributed by atoms with Crippen molar-refractivity contribution >= 4 is 0 Å². The number of pyridine rings is 1. The van der Waals surface area contributed by atoms with Gasteiger partial charge in [-0.3, -0.25) is 4.98 Å². The van der Waals surface area contributed by atoms with Gasteiger partial charge >= 0.3 is 0 Å². The van der Waals surface area contributed by atoms with Gasteiger partial charge in [-0.15, -0.1) is 0 Å². The Balaban J connectivity index is 2.23. The minimum absolute atomic E-state index is 0.188. The summed E-state index contributed by atoms with van der Waals surface area (Å²) >= 11 is 0. The van der Waals surface area contributed by atoms with Crippen LogP contribution < -0.4 is 5.32 Å². The molecule has 3 unspecified atom stereocenters.